The van der Waals surface area contributed by atoms with Crippen LogP contribution >= 0.6 is 15.9 Å². The summed E-state index contributed by atoms with van der Waals surface area (Å²) < 4.78 is 6.24. The summed E-state index contributed by atoms with van der Waals surface area (Å²) in [7, 11) is 0. The normalized spacial score (nSPS) is 32.9. The van der Waals surface area contributed by atoms with Gasteiger partial charge < -0.3 is 9.73 Å². The standard InChI is InChI=1S/C20H20BrNO3/c21-15-1-2-17-14(6-15)7-16(19(24)25-17)18(23)22-20-8-11-3-12(9-20)5-13(4-11)10-20/h1-2,6-7,11-13H,3-5,8-10H2,(H,22,23). The minimum Gasteiger partial charge on any atom is -0.422 e. The molecule has 0 atom stereocenters. The average Bonchev–Trinajstić information content (AvgIpc) is 2.52. The van der Waals surface area contributed by atoms with E-state index in [1.165, 1.54) is 19.3 Å². The van der Waals surface area contributed by atoms with Crippen LogP contribution in [-0.4, -0.2) is 11.4 Å². The lowest BCUT2D eigenvalue weighted by molar-refractivity contribution is -0.0167. The number of nitrogens with one attached hydrogen (secondary N) is 1. The Kier molecular flexibility index (Phi) is 3.40. The second-order valence-electron chi connectivity index (χ2n) is 8.28. The molecule has 1 N–H and O–H groups in total. The maximum absolute atomic E-state index is 12.9. The molecule has 1 heterocycles. The molecule has 0 unspecified atom stereocenters. The Hall–Kier alpha value is -1.62. The van der Waals surface area contributed by atoms with E-state index in [1.807, 2.05) is 12.1 Å². The molecule has 5 heteroatoms. The van der Waals surface area contributed by atoms with Crippen LogP contribution in [0.15, 0.2) is 37.9 Å². The molecular weight excluding hydrogens is 382 g/mol. The molecule has 1 aromatic heterocycles. The first kappa shape index (κ1) is 15.6. The maximum Gasteiger partial charge on any atom is 0.349 e. The van der Waals surface area contributed by atoms with Gasteiger partial charge in [0.1, 0.15) is 11.1 Å². The second-order valence-corrected chi connectivity index (χ2v) is 9.20. The molecule has 4 nitrogen and oxygen atoms in total. The Bertz CT molecular complexity index is 897. The predicted molar refractivity (Wildman–Crippen MR) is 98.6 cm³/mol. The number of benzene rings is 1. The van der Waals surface area contributed by atoms with E-state index >= 15 is 0 Å². The Morgan fingerprint density at radius 1 is 1.08 bits per heavy atom. The molecule has 0 spiro atoms. The lowest BCUT2D eigenvalue weighted by Crippen LogP contribution is -2.60. The van der Waals surface area contributed by atoms with Crippen LogP contribution in [0, 0.1) is 17.8 Å². The summed E-state index contributed by atoms with van der Waals surface area (Å²) in [6.45, 7) is 0. The van der Waals surface area contributed by atoms with E-state index in [0.29, 0.717) is 5.58 Å². The maximum atomic E-state index is 12.9. The van der Waals surface area contributed by atoms with Crippen LogP contribution in [0.5, 0.6) is 0 Å². The van der Waals surface area contributed by atoms with Crippen molar-refractivity contribution in [3.63, 3.8) is 0 Å². The molecule has 4 aliphatic carbocycles. The van der Waals surface area contributed by atoms with Crippen molar-refractivity contribution in [2.45, 2.75) is 44.1 Å². The van der Waals surface area contributed by atoms with Gasteiger partial charge >= 0.3 is 5.63 Å². The van der Waals surface area contributed by atoms with Gasteiger partial charge in [-0.05, 0) is 80.5 Å². The fraction of sp³-hybridized carbons (Fsp3) is 0.500. The summed E-state index contributed by atoms with van der Waals surface area (Å²) in [4.78, 5) is 25.2. The van der Waals surface area contributed by atoms with Crippen LogP contribution in [-0.2, 0) is 0 Å². The highest BCUT2D eigenvalue weighted by molar-refractivity contribution is 9.10. The Morgan fingerprint density at radius 2 is 1.72 bits per heavy atom. The van der Waals surface area contributed by atoms with Gasteiger partial charge in [-0.15, -0.1) is 0 Å². The Labute approximate surface area is 154 Å². The Balaban J connectivity index is 1.47. The van der Waals surface area contributed by atoms with Crippen molar-refractivity contribution < 1.29 is 9.21 Å². The zero-order valence-corrected chi connectivity index (χ0v) is 15.5. The topological polar surface area (TPSA) is 59.3 Å². The van der Waals surface area contributed by atoms with Gasteiger partial charge in [-0.1, -0.05) is 15.9 Å². The monoisotopic (exact) mass is 401 g/mol. The zero-order chi connectivity index (χ0) is 17.2. The third-order valence-corrected chi connectivity index (χ3v) is 6.85. The molecular formula is C20H20BrNO3. The molecule has 0 radical (unpaired) electrons. The van der Waals surface area contributed by atoms with Crippen molar-refractivity contribution >= 4 is 32.8 Å². The van der Waals surface area contributed by atoms with Crippen LogP contribution in [0.1, 0.15) is 48.9 Å². The van der Waals surface area contributed by atoms with Gasteiger partial charge in [0.05, 0.1) is 0 Å². The molecule has 0 aliphatic heterocycles. The molecule has 4 aliphatic rings. The molecule has 2 aromatic rings. The number of rotatable bonds is 2. The predicted octanol–water partition coefficient (Wildman–Crippen LogP) is 4.25. The van der Waals surface area contributed by atoms with E-state index in [1.54, 1.807) is 12.1 Å². The Morgan fingerprint density at radius 3 is 2.36 bits per heavy atom. The van der Waals surface area contributed by atoms with Gasteiger partial charge in [-0.2, -0.15) is 0 Å². The van der Waals surface area contributed by atoms with Gasteiger partial charge in [-0.3, -0.25) is 4.79 Å². The number of hydrogen-bond donors (Lipinski definition) is 1. The van der Waals surface area contributed by atoms with Gasteiger partial charge in [0.2, 0.25) is 0 Å². The SMILES string of the molecule is O=C(NC12CC3CC(CC(C3)C1)C2)c1cc2cc(Br)ccc2oc1=O. The van der Waals surface area contributed by atoms with Crippen molar-refractivity contribution in [3.05, 3.63) is 44.7 Å². The van der Waals surface area contributed by atoms with Crippen molar-refractivity contribution in [2.24, 2.45) is 17.8 Å². The number of fused-ring (bicyclic) bond motifs is 1. The summed E-state index contributed by atoms with van der Waals surface area (Å²) in [6.07, 6.45) is 7.16. The molecule has 130 valence electrons. The summed E-state index contributed by atoms with van der Waals surface area (Å²) in [5.74, 6) is 1.96. The van der Waals surface area contributed by atoms with Crippen molar-refractivity contribution in [2.75, 3.05) is 0 Å². The van der Waals surface area contributed by atoms with Crippen molar-refractivity contribution in [3.8, 4) is 0 Å². The van der Waals surface area contributed by atoms with E-state index in [4.69, 9.17) is 4.42 Å². The minimum absolute atomic E-state index is 0.107. The van der Waals surface area contributed by atoms with E-state index in [2.05, 4.69) is 21.2 Å². The van der Waals surface area contributed by atoms with Gasteiger partial charge in [0.25, 0.3) is 5.91 Å². The molecule has 6 rings (SSSR count). The van der Waals surface area contributed by atoms with Gasteiger partial charge in [0.15, 0.2) is 0 Å². The first-order valence-electron chi connectivity index (χ1n) is 9.06. The number of hydrogen-bond acceptors (Lipinski definition) is 3. The molecule has 4 fully saturated rings. The van der Waals surface area contributed by atoms with E-state index < -0.39 is 5.63 Å². The number of carbonyl (C=O) groups excluding carboxylic acids is 1. The summed E-state index contributed by atoms with van der Waals surface area (Å²) in [6, 6.07) is 7.07. The summed E-state index contributed by atoms with van der Waals surface area (Å²) in [5, 5.41) is 4.00. The highest BCUT2D eigenvalue weighted by atomic mass is 79.9. The number of halogens is 1. The fourth-order valence-corrected chi connectivity index (χ4v) is 6.20. The van der Waals surface area contributed by atoms with Crippen molar-refractivity contribution in [1.29, 1.82) is 0 Å². The first-order valence-corrected chi connectivity index (χ1v) is 9.85. The highest BCUT2D eigenvalue weighted by Gasteiger charge is 2.51. The third-order valence-electron chi connectivity index (χ3n) is 6.36. The molecule has 1 aromatic carbocycles. The highest BCUT2D eigenvalue weighted by Crippen LogP contribution is 2.55. The molecule has 4 bridgehead atoms. The average molecular weight is 402 g/mol. The van der Waals surface area contributed by atoms with Crippen LogP contribution in [0.2, 0.25) is 0 Å². The zero-order valence-electron chi connectivity index (χ0n) is 13.9. The number of carbonyl (C=O) groups is 1. The van der Waals surface area contributed by atoms with Crippen molar-refractivity contribution in [1.82, 2.24) is 5.32 Å². The lowest BCUT2D eigenvalue weighted by atomic mass is 9.53. The summed E-state index contributed by atoms with van der Waals surface area (Å²) in [5.41, 5.74) is -0.0530. The third kappa shape index (κ3) is 2.64. The van der Waals surface area contributed by atoms with Crippen LogP contribution in [0.25, 0.3) is 11.0 Å². The molecule has 1 amide bonds. The lowest BCUT2D eigenvalue weighted by Gasteiger charge is -2.56. The molecule has 25 heavy (non-hydrogen) atoms. The minimum atomic E-state index is -0.558. The van der Waals surface area contributed by atoms with Gasteiger partial charge in [0, 0.05) is 15.4 Å². The first-order chi connectivity index (χ1) is 12.0. The van der Waals surface area contributed by atoms with E-state index in [9.17, 15) is 9.59 Å². The fourth-order valence-electron chi connectivity index (χ4n) is 5.82. The van der Waals surface area contributed by atoms with Gasteiger partial charge in [-0.25, -0.2) is 4.79 Å². The van der Waals surface area contributed by atoms with Crippen LogP contribution in [0.4, 0.5) is 0 Å². The van der Waals surface area contributed by atoms with Crippen LogP contribution in [0.3, 0.4) is 0 Å². The second kappa shape index (κ2) is 5.44. The molecule has 0 saturated heterocycles. The quantitative estimate of drug-likeness (QED) is 0.764. The van der Waals surface area contributed by atoms with E-state index in [-0.39, 0.29) is 17.0 Å². The van der Waals surface area contributed by atoms with Crippen LogP contribution < -0.4 is 10.9 Å². The number of amides is 1. The molecule has 4 saturated carbocycles. The largest absolute Gasteiger partial charge is 0.422 e. The smallest absolute Gasteiger partial charge is 0.349 e. The van der Waals surface area contributed by atoms with E-state index in [0.717, 1.165) is 46.9 Å². The summed E-state index contributed by atoms with van der Waals surface area (Å²) >= 11 is 3.42.